The van der Waals surface area contributed by atoms with Gasteiger partial charge in [-0.3, -0.25) is 4.79 Å². The smallest absolute Gasteiger partial charge is 0.254 e. The summed E-state index contributed by atoms with van der Waals surface area (Å²) in [6.45, 7) is 1.57. The van der Waals surface area contributed by atoms with Crippen LogP contribution in [0.4, 0.5) is 4.39 Å². The standard InChI is InChI=1S/C13H12ClFN2O2/c1-7-9(4-5-18)13(19)17-12(16-7)8-2-3-11(15)10(14)6-8/h2-3,6,18H,4-5H2,1H3,(H,16,17,19). The predicted octanol–water partition coefficient (Wildman–Crippen LogP) is 2.07. The minimum Gasteiger partial charge on any atom is -0.396 e. The number of aliphatic hydroxyl groups is 1. The lowest BCUT2D eigenvalue weighted by Crippen LogP contribution is -2.18. The zero-order chi connectivity index (χ0) is 14.0. The molecule has 0 fully saturated rings. The van der Waals surface area contributed by atoms with E-state index in [1.807, 2.05) is 0 Å². The topological polar surface area (TPSA) is 66.0 Å². The molecule has 0 saturated heterocycles. The molecule has 1 aromatic carbocycles. The van der Waals surface area contributed by atoms with E-state index in [1.165, 1.54) is 18.2 Å². The van der Waals surface area contributed by atoms with Crippen molar-refractivity contribution in [2.24, 2.45) is 0 Å². The fourth-order valence-electron chi connectivity index (χ4n) is 1.80. The van der Waals surface area contributed by atoms with Gasteiger partial charge in [-0.25, -0.2) is 9.37 Å². The predicted molar refractivity (Wildman–Crippen MR) is 70.8 cm³/mol. The highest BCUT2D eigenvalue weighted by molar-refractivity contribution is 6.31. The molecule has 0 unspecified atom stereocenters. The van der Waals surface area contributed by atoms with Crippen LogP contribution in [0.5, 0.6) is 0 Å². The quantitative estimate of drug-likeness (QED) is 0.906. The summed E-state index contributed by atoms with van der Waals surface area (Å²) in [6.07, 6.45) is 0.249. The molecule has 6 heteroatoms. The maximum absolute atomic E-state index is 13.1. The third-order valence-electron chi connectivity index (χ3n) is 2.78. The SMILES string of the molecule is Cc1nc(-c2ccc(F)c(Cl)c2)[nH]c(=O)c1CCO. The summed E-state index contributed by atoms with van der Waals surface area (Å²) in [5.41, 5.74) is 1.20. The fraction of sp³-hybridized carbons (Fsp3) is 0.231. The lowest BCUT2D eigenvalue weighted by molar-refractivity contribution is 0.298. The van der Waals surface area contributed by atoms with Gasteiger partial charge >= 0.3 is 0 Å². The molecule has 0 radical (unpaired) electrons. The highest BCUT2D eigenvalue weighted by Gasteiger charge is 2.10. The van der Waals surface area contributed by atoms with Crippen molar-refractivity contribution in [2.75, 3.05) is 6.61 Å². The molecule has 0 aliphatic rings. The Morgan fingerprint density at radius 2 is 2.21 bits per heavy atom. The average Bonchev–Trinajstić information content (AvgIpc) is 2.37. The summed E-state index contributed by atoms with van der Waals surface area (Å²) >= 11 is 5.70. The molecule has 4 nitrogen and oxygen atoms in total. The van der Waals surface area contributed by atoms with E-state index in [0.29, 0.717) is 22.6 Å². The number of benzene rings is 1. The van der Waals surface area contributed by atoms with Gasteiger partial charge in [-0.1, -0.05) is 11.6 Å². The summed E-state index contributed by atoms with van der Waals surface area (Å²) < 4.78 is 13.1. The van der Waals surface area contributed by atoms with Gasteiger partial charge in [0, 0.05) is 29.8 Å². The highest BCUT2D eigenvalue weighted by Crippen LogP contribution is 2.22. The Balaban J connectivity index is 2.52. The molecule has 1 heterocycles. The van der Waals surface area contributed by atoms with E-state index >= 15 is 0 Å². The highest BCUT2D eigenvalue weighted by atomic mass is 35.5. The third-order valence-corrected chi connectivity index (χ3v) is 3.07. The van der Waals surface area contributed by atoms with Gasteiger partial charge in [0.1, 0.15) is 11.6 Å². The largest absolute Gasteiger partial charge is 0.396 e. The zero-order valence-corrected chi connectivity index (χ0v) is 11.0. The number of halogens is 2. The Morgan fingerprint density at radius 1 is 1.47 bits per heavy atom. The number of aliphatic hydroxyl groups excluding tert-OH is 1. The molecule has 19 heavy (non-hydrogen) atoms. The van der Waals surface area contributed by atoms with Gasteiger partial charge in [0.2, 0.25) is 0 Å². The van der Waals surface area contributed by atoms with Crippen LogP contribution in [0.15, 0.2) is 23.0 Å². The van der Waals surface area contributed by atoms with E-state index in [9.17, 15) is 9.18 Å². The second-order valence-corrected chi connectivity index (χ2v) is 4.49. The summed E-state index contributed by atoms with van der Waals surface area (Å²) in [4.78, 5) is 18.7. The van der Waals surface area contributed by atoms with Gasteiger partial charge in [0.15, 0.2) is 0 Å². The number of aromatic amines is 1. The van der Waals surface area contributed by atoms with Gasteiger partial charge in [0.05, 0.1) is 5.02 Å². The lowest BCUT2D eigenvalue weighted by atomic mass is 10.1. The molecule has 0 amide bonds. The molecule has 2 rings (SSSR count). The first-order valence-electron chi connectivity index (χ1n) is 5.69. The minimum absolute atomic E-state index is 0.0303. The Bertz CT molecular complexity index is 670. The number of aromatic nitrogens is 2. The van der Waals surface area contributed by atoms with Crippen molar-refractivity contribution >= 4 is 11.6 Å². The summed E-state index contributed by atoms with van der Waals surface area (Å²) in [7, 11) is 0. The fourth-order valence-corrected chi connectivity index (χ4v) is 1.98. The van der Waals surface area contributed by atoms with Crippen LogP contribution in [0, 0.1) is 12.7 Å². The first kappa shape index (κ1) is 13.7. The van der Waals surface area contributed by atoms with Crippen LogP contribution >= 0.6 is 11.6 Å². The Kier molecular flexibility index (Phi) is 3.97. The van der Waals surface area contributed by atoms with E-state index in [0.717, 1.165) is 0 Å². The van der Waals surface area contributed by atoms with Crippen molar-refractivity contribution in [1.82, 2.24) is 9.97 Å². The Morgan fingerprint density at radius 3 is 2.79 bits per heavy atom. The van der Waals surface area contributed by atoms with Crippen molar-refractivity contribution in [3.8, 4) is 11.4 Å². The first-order chi connectivity index (χ1) is 9.02. The van der Waals surface area contributed by atoms with E-state index in [2.05, 4.69) is 9.97 Å². The molecule has 0 spiro atoms. The second-order valence-electron chi connectivity index (χ2n) is 4.08. The molecule has 1 aromatic heterocycles. The molecule has 0 bridgehead atoms. The van der Waals surface area contributed by atoms with Crippen molar-refractivity contribution in [3.63, 3.8) is 0 Å². The van der Waals surface area contributed by atoms with Crippen LogP contribution in [-0.4, -0.2) is 21.7 Å². The van der Waals surface area contributed by atoms with Crippen molar-refractivity contribution in [1.29, 1.82) is 0 Å². The van der Waals surface area contributed by atoms with Gasteiger partial charge in [0.25, 0.3) is 5.56 Å². The number of nitrogens with zero attached hydrogens (tertiary/aromatic N) is 1. The van der Waals surface area contributed by atoms with E-state index < -0.39 is 5.82 Å². The summed E-state index contributed by atoms with van der Waals surface area (Å²) in [6, 6.07) is 4.11. The molecule has 0 saturated carbocycles. The summed E-state index contributed by atoms with van der Waals surface area (Å²) in [5.74, 6) is -0.201. The lowest BCUT2D eigenvalue weighted by Gasteiger charge is -2.07. The molecular formula is C13H12ClFN2O2. The van der Waals surface area contributed by atoms with Crippen molar-refractivity contribution in [3.05, 3.63) is 50.7 Å². The van der Waals surface area contributed by atoms with E-state index in [-0.39, 0.29) is 23.6 Å². The third kappa shape index (κ3) is 2.83. The maximum Gasteiger partial charge on any atom is 0.254 e. The monoisotopic (exact) mass is 282 g/mol. The van der Waals surface area contributed by atoms with Gasteiger partial charge in [-0.15, -0.1) is 0 Å². The number of hydrogen-bond donors (Lipinski definition) is 2. The molecule has 0 aliphatic heterocycles. The minimum atomic E-state index is -0.526. The molecule has 0 atom stereocenters. The normalized spacial score (nSPS) is 10.7. The number of hydrogen-bond acceptors (Lipinski definition) is 3. The Hall–Kier alpha value is -1.72. The number of rotatable bonds is 3. The van der Waals surface area contributed by atoms with Crippen LogP contribution in [0.3, 0.4) is 0 Å². The number of nitrogens with one attached hydrogen (secondary N) is 1. The van der Waals surface area contributed by atoms with Gasteiger partial charge in [-0.05, 0) is 25.1 Å². The van der Waals surface area contributed by atoms with Crippen molar-refractivity contribution in [2.45, 2.75) is 13.3 Å². The van der Waals surface area contributed by atoms with Crippen LogP contribution < -0.4 is 5.56 Å². The van der Waals surface area contributed by atoms with E-state index in [1.54, 1.807) is 6.92 Å². The van der Waals surface area contributed by atoms with Gasteiger partial charge in [-0.2, -0.15) is 0 Å². The van der Waals surface area contributed by atoms with Crippen LogP contribution in [0.25, 0.3) is 11.4 Å². The van der Waals surface area contributed by atoms with Crippen LogP contribution in [-0.2, 0) is 6.42 Å². The molecule has 2 aromatic rings. The second kappa shape index (κ2) is 5.50. The molecule has 0 aliphatic carbocycles. The van der Waals surface area contributed by atoms with Crippen LogP contribution in [0.1, 0.15) is 11.3 Å². The Labute approximate surface area is 113 Å². The summed E-state index contributed by atoms with van der Waals surface area (Å²) in [5, 5.41) is 8.85. The molecule has 2 N–H and O–H groups in total. The van der Waals surface area contributed by atoms with Crippen molar-refractivity contribution < 1.29 is 9.50 Å². The number of aryl methyl sites for hydroxylation is 1. The molecular weight excluding hydrogens is 271 g/mol. The molecule has 100 valence electrons. The van der Waals surface area contributed by atoms with Gasteiger partial charge < -0.3 is 10.1 Å². The first-order valence-corrected chi connectivity index (χ1v) is 6.07. The van der Waals surface area contributed by atoms with Crippen LogP contribution in [0.2, 0.25) is 5.02 Å². The number of H-pyrrole nitrogens is 1. The maximum atomic E-state index is 13.1. The average molecular weight is 283 g/mol. The zero-order valence-electron chi connectivity index (χ0n) is 10.2. The van der Waals surface area contributed by atoms with E-state index in [4.69, 9.17) is 16.7 Å².